The summed E-state index contributed by atoms with van der Waals surface area (Å²) in [4.78, 5) is 12.9. The van der Waals surface area contributed by atoms with Crippen molar-refractivity contribution in [2.24, 2.45) is 0 Å². The first-order valence-corrected chi connectivity index (χ1v) is 7.68. The Morgan fingerprint density at radius 3 is 2.48 bits per heavy atom. The molecule has 0 spiro atoms. The summed E-state index contributed by atoms with van der Waals surface area (Å²) in [5.74, 6) is -0.0552. The summed E-state index contributed by atoms with van der Waals surface area (Å²) in [7, 11) is 0. The van der Waals surface area contributed by atoms with Crippen molar-refractivity contribution < 1.29 is 4.79 Å². The number of hydrogen-bond donors (Lipinski definition) is 2. The Balaban J connectivity index is 2.00. The predicted octanol–water partition coefficient (Wildman–Crippen LogP) is 4.70. The maximum Gasteiger partial charge on any atom is 0.224 e. The number of nitrogens with one attached hydrogen (secondary N) is 1. The Morgan fingerprint density at radius 2 is 1.86 bits per heavy atom. The third-order valence-corrected chi connectivity index (χ3v) is 3.97. The van der Waals surface area contributed by atoms with E-state index in [-0.39, 0.29) is 11.9 Å². The van der Waals surface area contributed by atoms with Gasteiger partial charge < -0.3 is 5.32 Å². The van der Waals surface area contributed by atoms with Gasteiger partial charge in [0, 0.05) is 14.9 Å². The zero-order valence-electron chi connectivity index (χ0n) is 11.4. The van der Waals surface area contributed by atoms with Gasteiger partial charge in [0.25, 0.3) is 0 Å². The number of carbonyl (C=O) groups is 1. The number of amides is 1. The molecule has 0 aromatic heterocycles. The smallest absolute Gasteiger partial charge is 0.224 e. The molecule has 0 bridgehead atoms. The first-order chi connectivity index (χ1) is 9.95. The van der Waals surface area contributed by atoms with Crippen molar-refractivity contribution in [3.05, 3.63) is 63.6 Å². The van der Waals surface area contributed by atoms with E-state index in [4.69, 9.17) is 23.2 Å². The molecule has 1 atom stereocenters. The summed E-state index contributed by atoms with van der Waals surface area (Å²) >= 11 is 16.2. The van der Waals surface area contributed by atoms with E-state index >= 15 is 0 Å². The molecule has 2 nitrogen and oxygen atoms in total. The molecule has 2 rings (SSSR count). The molecule has 0 radical (unpaired) electrons. The maximum absolute atomic E-state index is 12.1. The van der Waals surface area contributed by atoms with Crippen molar-refractivity contribution in [1.82, 2.24) is 5.32 Å². The summed E-state index contributed by atoms with van der Waals surface area (Å²) in [6.45, 7) is 1.89. The Bertz CT molecular complexity index is 643. The van der Waals surface area contributed by atoms with Crippen molar-refractivity contribution >= 4 is 41.7 Å². The summed E-state index contributed by atoms with van der Waals surface area (Å²) in [6.07, 6.45) is 0.323. The first kappa shape index (κ1) is 16.2. The number of carbonyl (C=O) groups excluding carboxylic acids is 1. The lowest BCUT2D eigenvalue weighted by atomic mass is 10.1. The Labute approximate surface area is 139 Å². The van der Waals surface area contributed by atoms with Crippen LogP contribution in [0.15, 0.2) is 47.4 Å². The molecule has 0 aliphatic rings. The van der Waals surface area contributed by atoms with Crippen LogP contribution in [0.3, 0.4) is 0 Å². The molecule has 21 heavy (non-hydrogen) atoms. The number of rotatable bonds is 4. The highest BCUT2D eigenvalue weighted by atomic mass is 35.5. The lowest BCUT2D eigenvalue weighted by molar-refractivity contribution is -0.121. The third-order valence-electron chi connectivity index (χ3n) is 3.11. The van der Waals surface area contributed by atoms with Gasteiger partial charge in [0.05, 0.1) is 12.5 Å². The standard InChI is InChI=1S/C16H15Cl2NOS/c1-10(14-7-4-12(17)9-15(14)18)19-16(20)8-11-2-5-13(21)6-3-11/h2-7,9-10,21H,8H2,1H3,(H,19,20). The fraction of sp³-hybridized carbons (Fsp3) is 0.188. The highest BCUT2D eigenvalue weighted by Gasteiger charge is 2.13. The number of halogens is 2. The van der Waals surface area contributed by atoms with Gasteiger partial charge in [-0.25, -0.2) is 0 Å². The van der Waals surface area contributed by atoms with Crippen LogP contribution < -0.4 is 5.32 Å². The minimum Gasteiger partial charge on any atom is -0.349 e. The summed E-state index contributed by atoms with van der Waals surface area (Å²) in [5, 5.41) is 4.06. The zero-order valence-corrected chi connectivity index (χ0v) is 13.8. The Hall–Kier alpha value is -1.16. The normalized spacial score (nSPS) is 12.0. The van der Waals surface area contributed by atoms with Gasteiger partial charge in [-0.2, -0.15) is 0 Å². The molecule has 110 valence electrons. The van der Waals surface area contributed by atoms with Gasteiger partial charge >= 0.3 is 0 Å². The highest BCUT2D eigenvalue weighted by Crippen LogP contribution is 2.26. The van der Waals surface area contributed by atoms with E-state index in [0.717, 1.165) is 16.0 Å². The fourth-order valence-corrected chi connectivity index (χ4v) is 2.74. The molecule has 0 saturated carbocycles. The monoisotopic (exact) mass is 339 g/mol. The molecule has 0 fully saturated rings. The van der Waals surface area contributed by atoms with Gasteiger partial charge in [-0.3, -0.25) is 4.79 Å². The fourth-order valence-electron chi connectivity index (χ4n) is 2.02. The van der Waals surface area contributed by atoms with E-state index in [9.17, 15) is 4.79 Å². The molecule has 0 aliphatic carbocycles. The maximum atomic E-state index is 12.1. The van der Waals surface area contributed by atoms with Crippen LogP contribution in [0.2, 0.25) is 10.0 Å². The van der Waals surface area contributed by atoms with Crippen LogP contribution in [0.5, 0.6) is 0 Å². The van der Waals surface area contributed by atoms with E-state index in [1.54, 1.807) is 12.1 Å². The molecular weight excluding hydrogens is 325 g/mol. The van der Waals surface area contributed by atoms with Crippen molar-refractivity contribution in [3.63, 3.8) is 0 Å². The average molecular weight is 340 g/mol. The van der Waals surface area contributed by atoms with Crippen molar-refractivity contribution in [2.75, 3.05) is 0 Å². The molecule has 5 heteroatoms. The largest absolute Gasteiger partial charge is 0.349 e. The van der Waals surface area contributed by atoms with Gasteiger partial charge in [0.2, 0.25) is 5.91 Å². The summed E-state index contributed by atoms with van der Waals surface area (Å²) < 4.78 is 0. The van der Waals surface area contributed by atoms with Gasteiger partial charge in [-0.15, -0.1) is 12.6 Å². The average Bonchev–Trinajstić information content (AvgIpc) is 2.41. The van der Waals surface area contributed by atoms with Crippen molar-refractivity contribution in [3.8, 4) is 0 Å². The Morgan fingerprint density at radius 1 is 1.19 bits per heavy atom. The van der Waals surface area contributed by atoms with E-state index in [2.05, 4.69) is 17.9 Å². The van der Waals surface area contributed by atoms with E-state index in [1.807, 2.05) is 37.3 Å². The Kier molecular flexibility index (Phi) is 5.57. The molecule has 0 aliphatic heterocycles. The summed E-state index contributed by atoms with van der Waals surface area (Å²) in [6, 6.07) is 12.6. The van der Waals surface area contributed by atoms with Gasteiger partial charge in [0.1, 0.15) is 0 Å². The second kappa shape index (κ2) is 7.21. The molecule has 2 aromatic carbocycles. The van der Waals surface area contributed by atoms with Crippen molar-refractivity contribution in [1.29, 1.82) is 0 Å². The second-order valence-electron chi connectivity index (χ2n) is 4.80. The predicted molar refractivity (Wildman–Crippen MR) is 90.4 cm³/mol. The first-order valence-electron chi connectivity index (χ1n) is 6.48. The minimum atomic E-state index is -0.175. The van der Waals surface area contributed by atoms with E-state index in [1.165, 1.54) is 0 Å². The number of benzene rings is 2. The summed E-state index contributed by atoms with van der Waals surface area (Å²) in [5.41, 5.74) is 1.79. The minimum absolute atomic E-state index is 0.0552. The van der Waals surface area contributed by atoms with Crippen LogP contribution in [0, 0.1) is 0 Å². The van der Waals surface area contributed by atoms with Gasteiger partial charge in [-0.05, 0) is 42.3 Å². The molecule has 2 aromatic rings. The van der Waals surface area contributed by atoms with E-state index in [0.29, 0.717) is 16.5 Å². The van der Waals surface area contributed by atoms with Crippen molar-refractivity contribution in [2.45, 2.75) is 24.3 Å². The SMILES string of the molecule is CC(NC(=O)Cc1ccc(S)cc1)c1ccc(Cl)cc1Cl. The number of hydrogen-bond acceptors (Lipinski definition) is 2. The van der Waals surface area contributed by atoms with E-state index < -0.39 is 0 Å². The van der Waals surface area contributed by atoms with Gasteiger partial charge in [-0.1, -0.05) is 41.4 Å². The highest BCUT2D eigenvalue weighted by molar-refractivity contribution is 7.80. The molecule has 1 N–H and O–H groups in total. The van der Waals surface area contributed by atoms with Crippen LogP contribution in [-0.4, -0.2) is 5.91 Å². The molecular formula is C16H15Cl2NOS. The van der Waals surface area contributed by atoms with Crippen LogP contribution in [0.25, 0.3) is 0 Å². The topological polar surface area (TPSA) is 29.1 Å². The lowest BCUT2D eigenvalue weighted by Gasteiger charge is -2.16. The third kappa shape index (κ3) is 4.67. The molecule has 0 saturated heterocycles. The van der Waals surface area contributed by atoms with Crippen LogP contribution >= 0.6 is 35.8 Å². The lowest BCUT2D eigenvalue weighted by Crippen LogP contribution is -2.28. The van der Waals surface area contributed by atoms with Gasteiger partial charge in [0.15, 0.2) is 0 Å². The zero-order chi connectivity index (χ0) is 15.4. The molecule has 1 amide bonds. The van der Waals surface area contributed by atoms with Crippen LogP contribution in [-0.2, 0) is 11.2 Å². The molecule has 0 heterocycles. The van der Waals surface area contributed by atoms with Crippen LogP contribution in [0.4, 0.5) is 0 Å². The second-order valence-corrected chi connectivity index (χ2v) is 6.16. The molecule has 1 unspecified atom stereocenters. The number of thiol groups is 1. The van der Waals surface area contributed by atoms with Crippen LogP contribution in [0.1, 0.15) is 24.1 Å². The quantitative estimate of drug-likeness (QED) is 0.776.